The summed E-state index contributed by atoms with van der Waals surface area (Å²) < 4.78 is 10.5. The molecule has 1 fully saturated rings. The van der Waals surface area contributed by atoms with Crippen molar-refractivity contribution in [3.63, 3.8) is 0 Å². The van der Waals surface area contributed by atoms with Crippen LogP contribution in [0.25, 0.3) is 0 Å². The zero-order valence-corrected chi connectivity index (χ0v) is 11.5. The minimum absolute atomic E-state index is 0.143. The molecular formula is C15H20N2O3. The Bertz CT molecular complexity index is 482. The van der Waals surface area contributed by atoms with E-state index in [0.717, 1.165) is 24.3 Å². The molecule has 20 heavy (non-hydrogen) atoms. The van der Waals surface area contributed by atoms with Gasteiger partial charge in [-0.3, -0.25) is 0 Å². The Morgan fingerprint density at radius 2 is 1.80 bits per heavy atom. The number of hydrogen-bond acceptors (Lipinski definition) is 3. The van der Waals surface area contributed by atoms with Gasteiger partial charge in [-0.1, -0.05) is 25.7 Å². The maximum absolute atomic E-state index is 12.0. The largest absolute Gasteiger partial charge is 0.454 e. The summed E-state index contributed by atoms with van der Waals surface area (Å²) in [7, 11) is 0. The van der Waals surface area contributed by atoms with Gasteiger partial charge in [-0.05, 0) is 25.0 Å². The second-order valence-corrected chi connectivity index (χ2v) is 5.35. The summed E-state index contributed by atoms with van der Waals surface area (Å²) in [5.74, 6) is 1.40. The molecule has 108 valence electrons. The number of rotatable bonds is 2. The first kappa shape index (κ1) is 13.1. The number of carbonyl (C=O) groups is 1. The number of hydrogen-bond donors (Lipinski definition) is 2. The Morgan fingerprint density at radius 1 is 1.05 bits per heavy atom. The van der Waals surface area contributed by atoms with Crippen molar-refractivity contribution in [2.75, 3.05) is 12.1 Å². The first-order valence-corrected chi connectivity index (χ1v) is 7.28. The van der Waals surface area contributed by atoms with Crippen molar-refractivity contribution in [1.29, 1.82) is 0 Å². The van der Waals surface area contributed by atoms with Crippen LogP contribution in [0.1, 0.15) is 38.5 Å². The van der Waals surface area contributed by atoms with E-state index in [2.05, 4.69) is 10.6 Å². The van der Waals surface area contributed by atoms with Gasteiger partial charge in [0, 0.05) is 17.8 Å². The van der Waals surface area contributed by atoms with E-state index in [-0.39, 0.29) is 12.8 Å². The first-order valence-electron chi connectivity index (χ1n) is 7.28. The van der Waals surface area contributed by atoms with E-state index in [4.69, 9.17) is 9.47 Å². The van der Waals surface area contributed by atoms with Crippen molar-refractivity contribution in [3.05, 3.63) is 18.2 Å². The van der Waals surface area contributed by atoms with Gasteiger partial charge in [-0.2, -0.15) is 0 Å². The first-order chi connectivity index (χ1) is 9.81. The van der Waals surface area contributed by atoms with Crippen LogP contribution in [0, 0.1) is 0 Å². The second-order valence-electron chi connectivity index (χ2n) is 5.35. The van der Waals surface area contributed by atoms with Crippen LogP contribution in [0.5, 0.6) is 11.5 Å². The number of amides is 2. The molecule has 1 aliphatic heterocycles. The quantitative estimate of drug-likeness (QED) is 0.815. The number of urea groups is 1. The van der Waals surface area contributed by atoms with Gasteiger partial charge in [0.1, 0.15) is 0 Å². The maximum atomic E-state index is 12.0. The molecule has 1 saturated carbocycles. The molecule has 1 heterocycles. The van der Waals surface area contributed by atoms with Crippen LogP contribution in [0.2, 0.25) is 0 Å². The lowest BCUT2D eigenvalue weighted by Gasteiger charge is -2.16. The summed E-state index contributed by atoms with van der Waals surface area (Å²) in [4.78, 5) is 12.0. The second kappa shape index (κ2) is 6.03. The predicted molar refractivity (Wildman–Crippen MR) is 76.2 cm³/mol. The predicted octanol–water partition coefficient (Wildman–Crippen LogP) is 3.26. The smallest absolute Gasteiger partial charge is 0.319 e. The summed E-state index contributed by atoms with van der Waals surface area (Å²) in [6.45, 7) is 0.243. The van der Waals surface area contributed by atoms with Crippen molar-refractivity contribution in [1.82, 2.24) is 5.32 Å². The molecule has 0 aromatic heterocycles. The highest BCUT2D eigenvalue weighted by atomic mass is 16.7. The van der Waals surface area contributed by atoms with E-state index in [1.807, 2.05) is 12.1 Å². The number of anilines is 1. The van der Waals surface area contributed by atoms with Crippen LogP contribution in [0.3, 0.4) is 0 Å². The highest BCUT2D eigenvalue weighted by Gasteiger charge is 2.16. The summed E-state index contributed by atoms with van der Waals surface area (Å²) in [5.41, 5.74) is 0.723. The van der Waals surface area contributed by atoms with E-state index >= 15 is 0 Å². The molecule has 5 nitrogen and oxygen atoms in total. The van der Waals surface area contributed by atoms with Crippen LogP contribution in [0.15, 0.2) is 18.2 Å². The third-order valence-corrected chi connectivity index (χ3v) is 3.82. The lowest BCUT2D eigenvalue weighted by Crippen LogP contribution is -2.37. The summed E-state index contributed by atoms with van der Waals surface area (Å²) >= 11 is 0. The van der Waals surface area contributed by atoms with Gasteiger partial charge < -0.3 is 20.1 Å². The van der Waals surface area contributed by atoms with E-state index < -0.39 is 0 Å². The topological polar surface area (TPSA) is 59.6 Å². The molecule has 2 N–H and O–H groups in total. The van der Waals surface area contributed by atoms with Crippen molar-refractivity contribution in [2.24, 2.45) is 0 Å². The summed E-state index contributed by atoms with van der Waals surface area (Å²) in [5, 5.41) is 5.91. The Kier molecular flexibility index (Phi) is 3.95. The van der Waals surface area contributed by atoms with Crippen LogP contribution in [0.4, 0.5) is 10.5 Å². The molecule has 2 aliphatic rings. The molecule has 1 aromatic rings. The van der Waals surface area contributed by atoms with Gasteiger partial charge in [0.2, 0.25) is 6.79 Å². The Labute approximate surface area is 118 Å². The van der Waals surface area contributed by atoms with E-state index in [1.54, 1.807) is 6.07 Å². The number of fused-ring (bicyclic) bond motifs is 1. The Hall–Kier alpha value is -1.91. The zero-order chi connectivity index (χ0) is 13.8. The van der Waals surface area contributed by atoms with Gasteiger partial charge in [0.25, 0.3) is 0 Å². The zero-order valence-electron chi connectivity index (χ0n) is 11.5. The monoisotopic (exact) mass is 276 g/mol. The molecule has 1 aromatic carbocycles. The van der Waals surface area contributed by atoms with Gasteiger partial charge in [-0.15, -0.1) is 0 Å². The van der Waals surface area contributed by atoms with Gasteiger partial charge in [-0.25, -0.2) is 4.79 Å². The molecule has 3 rings (SSSR count). The molecule has 0 bridgehead atoms. The average Bonchev–Trinajstić information content (AvgIpc) is 2.75. The molecular weight excluding hydrogens is 256 g/mol. The van der Waals surface area contributed by atoms with Gasteiger partial charge >= 0.3 is 6.03 Å². The fourth-order valence-electron chi connectivity index (χ4n) is 2.75. The SMILES string of the molecule is O=C(Nc1ccc2c(c1)OCO2)NC1CCCCCC1. The number of ether oxygens (including phenoxy) is 2. The molecule has 1 aliphatic carbocycles. The molecule has 0 radical (unpaired) electrons. The van der Waals surface area contributed by atoms with Crippen LogP contribution in [-0.2, 0) is 0 Å². The minimum Gasteiger partial charge on any atom is -0.454 e. The van der Waals surface area contributed by atoms with Crippen LogP contribution < -0.4 is 20.1 Å². The van der Waals surface area contributed by atoms with Gasteiger partial charge in [0.05, 0.1) is 0 Å². The number of benzene rings is 1. The number of carbonyl (C=O) groups excluding carboxylic acids is 1. The van der Waals surface area contributed by atoms with E-state index in [1.165, 1.54) is 25.7 Å². The third-order valence-electron chi connectivity index (χ3n) is 3.82. The Morgan fingerprint density at radius 3 is 2.60 bits per heavy atom. The lowest BCUT2D eigenvalue weighted by atomic mass is 10.1. The van der Waals surface area contributed by atoms with Crippen LogP contribution >= 0.6 is 0 Å². The summed E-state index contributed by atoms with van der Waals surface area (Å²) in [6, 6.07) is 5.57. The molecule has 5 heteroatoms. The van der Waals surface area contributed by atoms with Crippen molar-refractivity contribution in [2.45, 2.75) is 44.6 Å². The summed E-state index contributed by atoms with van der Waals surface area (Å²) in [6.07, 6.45) is 7.12. The van der Waals surface area contributed by atoms with Crippen molar-refractivity contribution < 1.29 is 14.3 Å². The maximum Gasteiger partial charge on any atom is 0.319 e. The third kappa shape index (κ3) is 3.15. The highest BCUT2D eigenvalue weighted by molar-refractivity contribution is 5.89. The molecule has 0 saturated heterocycles. The van der Waals surface area contributed by atoms with Crippen molar-refractivity contribution in [3.8, 4) is 11.5 Å². The number of nitrogens with one attached hydrogen (secondary N) is 2. The molecule has 0 atom stereocenters. The molecule has 0 unspecified atom stereocenters. The molecule has 2 amide bonds. The lowest BCUT2D eigenvalue weighted by molar-refractivity contribution is 0.174. The average molecular weight is 276 g/mol. The van der Waals surface area contributed by atoms with E-state index in [9.17, 15) is 4.79 Å². The van der Waals surface area contributed by atoms with Crippen LogP contribution in [-0.4, -0.2) is 18.9 Å². The fraction of sp³-hybridized carbons (Fsp3) is 0.533. The highest BCUT2D eigenvalue weighted by Crippen LogP contribution is 2.34. The Balaban J connectivity index is 1.55. The standard InChI is InChI=1S/C15H20N2O3/c18-15(16-11-5-3-1-2-4-6-11)17-12-7-8-13-14(9-12)20-10-19-13/h7-9,11H,1-6,10H2,(H2,16,17,18). The molecule has 0 spiro atoms. The fourth-order valence-corrected chi connectivity index (χ4v) is 2.75. The van der Waals surface area contributed by atoms with Gasteiger partial charge in [0.15, 0.2) is 11.5 Å². The van der Waals surface area contributed by atoms with E-state index in [0.29, 0.717) is 11.8 Å². The van der Waals surface area contributed by atoms with Crippen molar-refractivity contribution >= 4 is 11.7 Å². The minimum atomic E-state index is -0.143. The normalized spacial score (nSPS) is 18.4.